The minimum absolute atomic E-state index is 0. The Morgan fingerprint density at radius 3 is 2.30 bits per heavy atom. The molecule has 2 heteroatoms. The summed E-state index contributed by atoms with van der Waals surface area (Å²) in [4.78, 5) is 17.6. The highest BCUT2D eigenvalue weighted by Gasteiger charge is 2.35. The Kier molecular flexibility index (Phi) is 16.2. The van der Waals surface area contributed by atoms with Gasteiger partial charge in [0, 0.05) is 32.6 Å². The zero-order valence-corrected chi connectivity index (χ0v) is 29.9. The minimum atomic E-state index is 0. The quantitative estimate of drug-likeness (QED) is 0.189. The maximum atomic E-state index is 12.7. The van der Waals surface area contributed by atoms with Crippen molar-refractivity contribution in [1.82, 2.24) is 4.98 Å². The van der Waals surface area contributed by atoms with Crippen LogP contribution in [0.15, 0.2) is 30.5 Å². The van der Waals surface area contributed by atoms with Crippen LogP contribution in [-0.2, 0) is 24.1 Å². The second kappa shape index (κ2) is 19.5. The first-order chi connectivity index (χ1) is 21.5. The van der Waals surface area contributed by atoms with Crippen LogP contribution in [0.25, 0.3) is 0 Å². The Balaban J connectivity index is 0.00000136. The lowest BCUT2D eigenvalue weighted by atomic mass is 9.75. The van der Waals surface area contributed by atoms with Gasteiger partial charge >= 0.3 is 0 Å². The van der Waals surface area contributed by atoms with Crippen LogP contribution in [-0.4, -0.2) is 10.8 Å². The number of aryl methyl sites for hydroxylation is 2. The molecule has 0 aliphatic heterocycles. The Bertz CT molecular complexity index is 1110. The third-order valence-electron chi connectivity index (χ3n) is 10.9. The first kappa shape index (κ1) is 36.5. The molecule has 3 aliphatic carbocycles. The number of benzene rings is 1. The van der Waals surface area contributed by atoms with Gasteiger partial charge in [0.25, 0.3) is 0 Å². The van der Waals surface area contributed by atoms with E-state index in [1.807, 2.05) is 33.9 Å². The van der Waals surface area contributed by atoms with Crippen molar-refractivity contribution < 1.29 is 6.22 Å². The molecule has 2 nitrogen and oxygen atoms in total. The van der Waals surface area contributed by atoms with Gasteiger partial charge in [0.05, 0.1) is 0 Å². The average Bonchev–Trinajstić information content (AvgIpc) is 3.54. The lowest BCUT2D eigenvalue weighted by Crippen LogP contribution is -2.19. The first-order valence-corrected chi connectivity index (χ1v) is 19.1. The van der Waals surface area contributed by atoms with Gasteiger partial charge in [0.2, 0.25) is 0 Å². The van der Waals surface area contributed by atoms with Crippen LogP contribution in [0.1, 0.15) is 179 Å². The number of carbonyl (C=O) groups is 1. The fourth-order valence-electron chi connectivity index (χ4n) is 8.85. The number of aromatic nitrogens is 1. The molecule has 0 bridgehead atoms. The van der Waals surface area contributed by atoms with Gasteiger partial charge in [0.1, 0.15) is 5.78 Å². The molecule has 3 unspecified atom stereocenters. The number of Topliss-reactive ketones (excluding diaryl/α,β-unsaturated/α-hetero) is 1. The fourth-order valence-corrected chi connectivity index (χ4v) is 8.85. The molecule has 3 atom stereocenters. The summed E-state index contributed by atoms with van der Waals surface area (Å²) in [7, 11) is 0. The SMILES string of the molecule is CC.CC.CCCC(CCCCc1ccc(Cc2cc3c(cn2)CC(=O)CC(C)C3C2CCCC2)c(C)c1)C1CCCCC1.[HH]. The van der Waals surface area contributed by atoms with Gasteiger partial charge in [-0.15, -0.1) is 0 Å². The van der Waals surface area contributed by atoms with E-state index in [4.69, 9.17) is 4.98 Å². The lowest BCUT2D eigenvalue weighted by Gasteiger charge is -2.30. The van der Waals surface area contributed by atoms with E-state index in [0.717, 1.165) is 30.6 Å². The van der Waals surface area contributed by atoms with E-state index in [9.17, 15) is 4.79 Å². The molecule has 44 heavy (non-hydrogen) atoms. The summed E-state index contributed by atoms with van der Waals surface area (Å²) in [6.45, 7) is 15.0. The number of ketones is 1. The molecule has 0 radical (unpaired) electrons. The van der Waals surface area contributed by atoms with Gasteiger partial charge < -0.3 is 0 Å². The van der Waals surface area contributed by atoms with Gasteiger partial charge in [-0.1, -0.05) is 130 Å². The van der Waals surface area contributed by atoms with E-state index < -0.39 is 0 Å². The molecule has 0 amide bonds. The van der Waals surface area contributed by atoms with Crippen molar-refractivity contribution in [2.45, 2.75) is 170 Å². The predicted molar refractivity (Wildman–Crippen MR) is 193 cm³/mol. The molecule has 0 N–H and O–H groups in total. The van der Waals surface area contributed by atoms with E-state index in [2.05, 4.69) is 45.0 Å². The number of carbonyl (C=O) groups excluding carboxylic acids is 1. The molecule has 1 aromatic carbocycles. The van der Waals surface area contributed by atoms with Crippen LogP contribution in [0.3, 0.4) is 0 Å². The molecular formula is C42H69NO. The van der Waals surface area contributed by atoms with Crippen molar-refractivity contribution in [1.29, 1.82) is 0 Å². The van der Waals surface area contributed by atoms with Gasteiger partial charge in [-0.25, -0.2) is 0 Å². The van der Waals surface area contributed by atoms with Crippen molar-refractivity contribution in [3.63, 3.8) is 0 Å². The van der Waals surface area contributed by atoms with E-state index in [-0.39, 0.29) is 1.43 Å². The van der Waals surface area contributed by atoms with Crippen molar-refractivity contribution in [2.24, 2.45) is 23.7 Å². The molecule has 5 rings (SSSR count). The van der Waals surface area contributed by atoms with Crippen molar-refractivity contribution >= 4 is 5.78 Å². The fraction of sp³-hybridized carbons (Fsp3) is 0.714. The Morgan fingerprint density at radius 2 is 1.61 bits per heavy atom. The number of unbranched alkanes of at least 4 members (excludes halogenated alkanes) is 1. The zero-order chi connectivity index (χ0) is 31.9. The van der Waals surface area contributed by atoms with Gasteiger partial charge in [-0.2, -0.15) is 0 Å². The Hall–Kier alpha value is -1.96. The third kappa shape index (κ3) is 10.3. The summed E-state index contributed by atoms with van der Waals surface area (Å²) >= 11 is 0. The standard InChI is InChI=1S/C38H55NO.2C2H6.H2/c1-4-12-30(31-14-6-5-7-15-31)16-9-8-13-29-19-20-33(27(2)21-29)23-35-25-37-34(26-39-35)24-36(40)22-28(3)38(37)32-17-10-11-18-32;2*1-2;/h19-21,25-26,28,30-32,38H,4-18,22-24H2,1-3H3;2*1-2H3;1H. The van der Waals surface area contributed by atoms with E-state index in [0.29, 0.717) is 24.0 Å². The summed E-state index contributed by atoms with van der Waals surface area (Å²) in [5.74, 6) is 4.06. The number of hydrogen-bond donors (Lipinski definition) is 0. The lowest BCUT2D eigenvalue weighted by molar-refractivity contribution is -0.119. The third-order valence-corrected chi connectivity index (χ3v) is 10.9. The van der Waals surface area contributed by atoms with Crippen LogP contribution >= 0.6 is 0 Å². The summed E-state index contributed by atoms with van der Waals surface area (Å²) in [5, 5.41) is 0. The van der Waals surface area contributed by atoms with Gasteiger partial charge in [-0.05, 0) is 96.1 Å². The number of nitrogens with zero attached hydrogens (tertiary/aromatic N) is 1. The molecule has 2 saturated carbocycles. The van der Waals surface area contributed by atoms with Crippen molar-refractivity contribution in [3.05, 3.63) is 64.0 Å². The van der Waals surface area contributed by atoms with Gasteiger partial charge in [0.15, 0.2) is 0 Å². The van der Waals surface area contributed by atoms with Gasteiger partial charge in [-0.3, -0.25) is 9.78 Å². The second-order valence-corrected chi connectivity index (χ2v) is 14.0. The molecule has 2 aromatic rings. The number of pyridine rings is 1. The van der Waals surface area contributed by atoms with E-state index in [1.165, 1.54) is 130 Å². The summed E-state index contributed by atoms with van der Waals surface area (Å²) < 4.78 is 0. The Morgan fingerprint density at radius 1 is 0.909 bits per heavy atom. The van der Waals surface area contributed by atoms with Crippen molar-refractivity contribution in [2.75, 3.05) is 0 Å². The smallest absolute Gasteiger partial charge is 0.137 e. The second-order valence-electron chi connectivity index (χ2n) is 14.0. The summed E-state index contributed by atoms with van der Waals surface area (Å²) in [5.41, 5.74) is 8.10. The van der Waals surface area contributed by atoms with Crippen LogP contribution in [0.2, 0.25) is 0 Å². The highest BCUT2D eigenvalue weighted by molar-refractivity contribution is 5.82. The zero-order valence-electron chi connectivity index (χ0n) is 29.9. The number of hydrogen-bond acceptors (Lipinski definition) is 2. The molecule has 1 heterocycles. The maximum Gasteiger partial charge on any atom is 0.137 e. The molecule has 248 valence electrons. The first-order valence-electron chi connectivity index (χ1n) is 19.1. The average molecular weight is 604 g/mol. The van der Waals surface area contributed by atoms with E-state index >= 15 is 0 Å². The number of fused-ring (bicyclic) bond motifs is 1. The molecule has 1 aromatic heterocycles. The molecule has 0 saturated heterocycles. The summed E-state index contributed by atoms with van der Waals surface area (Å²) in [6.07, 6.45) is 25.1. The highest BCUT2D eigenvalue weighted by atomic mass is 16.1. The van der Waals surface area contributed by atoms with E-state index in [1.54, 1.807) is 0 Å². The number of rotatable bonds is 11. The molecular weight excluding hydrogens is 534 g/mol. The Labute approximate surface area is 274 Å². The van der Waals surface area contributed by atoms with Crippen LogP contribution in [0.5, 0.6) is 0 Å². The van der Waals surface area contributed by atoms with Crippen molar-refractivity contribution in [3.8, 4) is 0 Å². The largest absolute Gasteiger partial charge is 0.299 e. The van der Waals surface area contributed by atoms with Crippen LogP contribution in [0, 0.1) is 30.6 Å². The minimum Gasteiger partial charge on any atom is -0.299 e. The highest BCUT2D eigenvalue weighted by Crippen LogP contribution is 2.45. The maximum absolute atomic E-state index is 12.7. The van der Waals surface area contributed by atoms with Crippen LogP contribution < -0.4 is 0 Å². The molecule has 3 aliphatic rings. The topological polar surface area (TPSA) is 30.0 Å². The normalized spacial score (nSPS) is 21.4. The summed E-state index contributed by atoms with van der Waals surface area (Å²) in [6, 6.07) is 9.56. The monoisotopic (exact) mass is 604 g/mol. The predicted octanol–water partition coefficient (Wildman–Crippen LogP) is 12.4. The van der Waals surface area contributed by atoms with Crippen LogP contribution in [0.4, 0.5) is 0 Å². The molecule has 2 fully saturated rings. The molecule has 0 spiro atoms.